The number of aryl methyl sites for hydroxylation is 1. The van der Waals surface area contributed by atoms with Crippen molar-refractivity contribution in [2.45, 2.75) is 26.3 Å². The fourth-order valence-electron chi connectivity index (χ4n) is 1.84. The third-order valence-electron chi connectivity index (χ3n) is 2.58. The van der Waals surface area contributed by atoms with Crippen molar-refractivity contribution in [3.63, 3.8) is 0 Å². The van der Waals surface area contributed by atoms with Gasteiger partial charge in [0.1, 0.15) is 5.82 Å². The first-order chi connectivity index (χ1) is 8.08. The van der Waals surface area contributed by atoms with Crippen molar-refractivity contribution < 1.29 is 0 Å². The van der Waals surface area contributed by atoms with Gasteiger partial charge in [-0.3, -0.25) is 0 Å². The third kappa shape index (κ3) is 2.68. The lowest BCUT2D eigenvalue weighted by Gasteiger charge is -2.01. The SMILES string of the molecule is Cc1[nH]c(CC(C)N)nc1-c1ccccc1Cl. The van der Waals surface area contributed by atoms with Crippen LogP contribution in [0.1, 0.15) is 18.4 Å². The molecule has 0 saturated carbocycles. The van der Waals surface area contributed by atoms with Crippen LogP contribution in [0.5, 0.6) is 0 Å². The summed E-state index contributed by atoms with van der Waals surface area (Å²) in [6.07, 6.45) is 0.741. The molecule has 3 nitrogen and oxygen atoms in total. The minimum atomic E-state index is 0.0969. The molecule has 0 radical (unpaired) electrons. The monoisotopic (exact) mass is 249 g/mol. The van der Waals surface area contributed by atoms with Crippen LogP contribution in [0.25, 0.3) is 11.3 Å². The average molecular weight is 250 g/mol. The molecule has 1 aromatic carbocycles. The zero-order chi connectivity index (χ0) is 12.4. The summed E-state index contributed by atoms with van der Waals surface area (Å²) in [7, 11) is 0. The molecule has 0 aliphatic carbocycles. The molecule has 90 valence electrons. The van der Waals surface area contributed by atoms with Crippen LogP contribution in [0.15, 0.2) is 24.3 Å². The first-order valence-corrected chi connectivity index (χ1v) is 6.01. The summed E-state index contributed by atoms with van der Waals surface area (Å²) in [6, 6.07) is 7.81. The van der Waals surface area contributed by atoms with Crippen molar-refractivity contribution in [1.82, 2.24) is 9.97 Å². The predicted octanol–water partition coefficient (Wildman–Crippen LogP) is 2.93. The summed E-state index contributed by atoms with van der Waals surface area (Å²) in [5.74, 6) is 0.910. The quantitative estimate of drug-likeness (QED) is 0.879. The topological polar surface area (TPSA) is 54.7 Å². The number of rotatable bonds is 3. The molecule has 2 rings (SSSR count). The Hall–Kier alpha value is -1.32. The van der Waals surface area contributed by atoms with Gasteiger partial charge in [-0.05, 0) is 19.9 Å². The number of benzene rings is 1. The minimum absolute atomic E-state index is 0.0969. The maximum atomic E-state index is 6.17. The minimum Gasteiger partial charge on any atom is -0.346 e. The zero-order valence-electron chi connectivity index (χ0n) is 10.00. The molecule has 4 heteroatoms. The Bertz CT molecular complexity index is 517. The number of hydrogen-bond acceptors (Lipinski definition) is 2. The molecule has 0 spiro atoms. The van der Waals surface area contributed by atoms with Gasteiger partial charge in [0, 0.05) is 23.7 Å². The van der Waals surface area contributed by atoms with Gasteiger partial charge in [-0.1, -0.05) is 29.8 Å². The number of H-pyrrole nitrogens is 1. The lowest BCUT2D eigenvalue weighted by molar-refractivity contribution is 0.709. The Morgan fingerprint density at radius 3 is 2.76 bits per heavy atom. The van der Waals surface area contributed by atoms with Crippen molar-refractivity contribution in [3.8, 4) is 11.3 Å². The normalized spacial score (nSPS) is 12.7. The first-order valence-electron chi connectivity index (χ1n) is 5.64. The molecule has 0 fully saturated rings. The molecule has 0 amide bonds. The Morgan fingerprint density at radius 2 is 2.12 bits per heavy atom. The van der Waals surface area contributed by atoms with Crippen LogP contribution in [0, 0.1) is 6.92 Å². The molecule has 1 unspecified atom stereocenters. The van der Waals surface area contributed by atoms with Crippen LogP contribution in [-0.2, 0) is 6.42 Å². The lowest BCUT2D eigenvalue weighted by Crippen LogP contribution is -2.18. The molecule has 0 bridgehead atoms. The molecule has 0 aliphatic rings. The highest BCUT2D eigenvalue weighted by Crippen LogP contribution is 2.28. The number of aromatic nitrogens is 2. The highest BCUT2D eigenvalue weighted by molar-refractivity contribution is 6.33. The van der Waals surface area contributed by atoms with E-state index >= 15 is 0 Å². The van der Waals surface area contributed by atoms with E-state index in [-0.39, 0.29) is 6.04 Å². The van der Waals surface area contributed by atoms with Gasteiger partial charge < -0.3 is 10.7 Å². The van der Waals surface area contributed by atoms with E-state index in [0.29, 0.717) is 0 Å². The van der Waals surface area contributed by atoms with E-state index in [1.807, 2.05) is 38.1 Å². The van der Waals surface area contributed by atoms with Crippen LogP contribution in [0.4, 0.5) is 0 Å². The van der Waals surface area contributed by atoms with Crippen LogP contribution in [0.3, 0.4) is 0 Å². The second-order valence-electron chi connectivity index (χ2n) is 4.32. The number of nitrogens with two attached hydrogens (primary N) is 1. The standard InChI is InChI=1S/C13H16ClN3/c1-8(15)7-12-16-9(2)13(17-12)10-5-3-4-6-11(10)14/h3-6,8H,7,15H2,1-2H3,(H,16,17). The summed E-state index contributed by atoms with van der Waals surface area (Å²) in [5.41, 5.74) is 8.65. The first kappa shape index (κ1) is 12.1. The van der Waals surface area contributed by atoms with E-state index < -0.39 is 0 Å². The summed E-state index contributed by atoms with van der Waals surface area (Å²) >= 11 is 6.17. The van der Waals surface area contributed by atoms with Crippen molar-refractivity contribution >= 4 is 11.6 Å². The van der Waals surface area contributed by atoms with Crippen molar-refractivity contribution in [2.75, 3.05) is 0 Å². The van der Waals surface area contributed by atoms with Crippen LogP contribution < -0.4 is 5.73 Å². The van der Waals surface area contributed by atoms with Gasteiger partial charge in [0.15, 0.2) is 0 Å². The van der Waals surface area contributed by atoms with Gasteiger partial charge in [-0.15, -0.1) is 0 Å². The maximum Gasteiger partial charge on any atom is 0.108 e. The van der Waals surface area contributed by atoms with Gasteiger partial charge >= 0.3 is 0 Å². The van der Waals surface area contributed by atoms with Gasteiger partial charge in [-0.25, -0.2) is 4.98 Å². The van der Waals surface area contributed by atoms with E-state index in [0.717, 1.165) is 34.2 Å². The van der Waals surface area contributed by atoms with Gasteiger partial charge in [0.05, 0.1) is 10.7 Å². The molecular formula is C13H16ClN3. The fraction of sp³-hybridized carbons (Fsp3) is 0.308. The fourth-order valence-corrected chi connectivity index (χ4v) is 2.06. The zero-order valence-corrected chi connectivity index (χ0v) is 10.8. The van der Waals surface area contributed by atoms with E-state index in [9.17, 15) is 0 Å². The maximum absolute atomic E-state index is 6.17. The summed E-state index contributed by atoms with van der Waals surface area (Å²) < 4.78 is 0. The summed E-state index contributed by atoms with van der Waals surface area (Å²) in [6.45, 7) is 3.96. The molecule has 3 N–H and O–H groups in total. The molecule has 0 saturated heterocycles. The second-order valence-corrected chi connectivity index (χ2v) is 4.73. The van der Waals surface area contributed by atoms with Gasteiger partial charge in [0.25, 0.3) is 0 Å². The second kappa shape index (κ2) is 4.90. The average Bonchev–Trinajstić information content (AvgIpc) is 2.59. The van der Waals surface area contributed by atoms with Gasteiger partial charge in [0.2, 0.25) is 0 Å². The largest absolute Gasteiger partial charge is 0.346 e. The van der Waals surface area contributed by atoms with E-state index in [1.165, 1.54) is 0 Å². The molecule has 1 aromatic heterocycles. The molecule has 0 aliphatic heterocycles. The molecule has 1 heterocycles. The highest BCUT2D eigenvalue weighted by Gasteiger charge is 2.12. The van der Waals surface area contributed by atoms with Crippen LogP contribution >= 0.6 is 11.6 Å². The Morgan fingerprint density at radius 1 is 1.41 bits per heavy atom. The van der Waals surface area contributed by atoms with Gasteiger partial charge in [-0.2, -0.15) is 0 Å². The van der Waals surface area contributed by atoms with Crippen molar-refractivity contribution in [3.05, 3.63) is 40.8 Å². The van der Waals surface area contributed by atoms with Crippen molar-refractivity contribution in [1.29, 1.82) is 0 Å². The van der Waals surface area contributed by atoms with Crippen LogP contribution in [0.2, 0.25) is 5.02 Å². The van der Waals surface area contributed by atoms with Crippen molar-refractivity contribution in [2.24, 2.45) is 5.73 Å². The molecular weight excluding hydrogens is 234 g/mol. The number of hydrogen-bond donors (Lipinski definition) is 2. The number of imidazole rings is 1. The Kier molecular flexibility index (Phi) is 3.50. The van der Waals surface area contributed by atoms with Crippen LogP contribution in [-0.4, -0.2) is 16.0 Å². The Labute approximate surface area is 106 Å². The number of halogens is 1. The number of nitrogens with zero attached hydrogens (tertiary/aromatic N) is 1. The number of nitrogens with one attached hydrogen (secondary N) is 1. The smallest absolute Gasteiger partial charge is 0.108 e. The number of aromatic amines is 1. The van der Waals surface area contributed by atoms with E-state index in [1.54, 1.807) is 0 Å². The third-order valence-corrected chi connectivity index (χ3v) is 2.91. The molecule has 2 aromatic rings. The van der Waals surface area contributed by atoms with E-state index in [2.05, 4.69) is 9.97 Å². The Balaban J connectivity index is 2.40. The lowest BCUT2D eigenvalue weighted by atomic mass is 10.1. The predicted molar refractivity (Wildman–Crippen MR) is 71.1 cm³/mol. The van der Waals surface area contributed by atoms with E-state index in [4.69, 9.17) is 17.3 Å². The highest BCUT2D eigenvalue weighted by atomic mass is 35.5. The molecule has 1 atom stereocenters. The summed E-state index contributed by atoms with van der Waals surface area (Å²) in [5, 5.41) is 0.717. The summed E-state index contributed by atoms with van der Waals surface area (Å²) in [4.78, 5) is 7.81. The molecule has 17 heavy (non-hydrogen) atoms.